The molecule has 0 radical (unpaired) electrons. The maximum absolute atomic E-state index is 13.1. The van der Waals surface area contributed by atoms with Gasteiger partial charge in [-0.3, -0.25) is 4.90 Å². The molecular weight excluding hydrogens is 322 g/mol. The van der Waals surface area contributed by atoms with Gasteiger partial charge < -0.3 is 10.2 Å². The van der Waals surface area contributed by atoms with Crippen LogP contribution in [0.2, 0.25) is 0 Å². The van der Waals surface area contributed by atoms with Crippen molar-refractivity contribution in [3.63, 3.8) is 0 Å². The molecule has 0 aliphatic carbocycles. The maximum atomic E-state index is 13.1. The van der Waals surface area contributed by atoms with Crippen LogP contribution in [0.25, 0.3) is 0 Å². The number of anilines is 2. The van der Waals surface area contributed by atoms with Crippen molar-refractivity contribution in [3.05, 3.63) is 59.2 Å². The molecule has 0 saturated carbocycles. The Hall–Kier alpha value is -2.33. The summed E-state index contributed by atoms with van der Waals surface area (Å²) in [5.41, 5.74) is 5.79. The summed E-state index contributed by atoms with van der Waals surface area (Å²) in [5, 5.41) is 3.09. The van der Waals surface area contributed by atoms with E-state index in [1.54, 1.807) is 0 Å². The number of nitrogens with zero attached hydrogens (tertiary/aromatic N) is 2. The summed E-state index contributed by atoms with van der Waals surface area (Å²) in [6, 6.07) is 14.5. The van der Waals surface area contributed by atoms with Crippen LogP contribution in [-0.2, 0) is 5.41 Å². The van der Waals surface area contributed by atoms with Gasteiger partial charge in [-0.1, -0.05) is 29.8 Å². The Bertz CT molecular complexity index is 837. The number of amides is 2. The largest absolute Gasteiger partial charge is 0.326 e. The van der Waals surface area contributed by atoms with Crippen molar-refractivity contribution in [1.82, 2.24) is 4.90 Å². The van der Waals surface area contributed by atoms with E-state index in [1.807, 2.05) is 36.1 Å². The SMILES string of the molecule is Cc1cccc(NC(=O)N2CC3(CCN(C)CC3)c3cc(C)ccc32)c1. The van der Waals surface area contributed by atoms with Gasteiger partial charge in [0, 0.05) is 23.3 Å². The summed E-state index contributed by atoms with van der Waals surface area (Å²) in [4.78, 5) is 17.4. The highest BCUT2D eigenvalue weighted by Gasteiger charge is 2.46. The first-order valence-electron chi connectivity index (χ1n) is 9.42. The molecule has 1 fully saturated rings. The number of benzene rings is 2. The number of likely N-dealkylation sites (tertiary alicyclic amines) is 1. The van der Waals surface area contributed by atoms with E-state index in [1.165, 1.54) is 11.1 Å². The third-order valence-electron chi connectivity index (χ3n) is 5.93. The Kier molecular flexibility index (Phi) is 4.23. The molecule has 4 heteroatoms. The summed E-state index contributed by atoms with van der Waals surface area (Å²) >= 11 is 0. The Morgan fingerprint density at radius 2 is 1.77 bits per heavy atom. The van der Waals surface area contributed by atoms with Gasteiger partial charge in [-0.2, -0.15) is 0 Å². The van der Waals surface area contributed by atoms with Crippen molar-refractivity contribution in [2.75, 3.05) is 36.9 Å². The number of urea groups is 1. The highest BCUT2D eigenvalue weighted by Crippen LogP contribution is 2.47. The number of nitrogens with one attached hydrogen (secondary N) is 1. The average molecular weight is 349 g/mol. The molecule has 0 atom stereocenters. The maximum Gasteiger partial charge on any atom is 0.326 e. The molecule has 2 aliphatic heterocycles. The van der Waals surface area contributed by atoms with Crippen LogP contribution in [0.3, 0.4) is 0 Å². The van der Waals surface area contributed by atoms with Crippen LogP contribution in [-0.4, -0.2) is 37.6 Å². The predicted octanol–water partition coefficient (Wildman–Crippen LogP) is 4.32. The standard InChI is InChI=1S/C22H27N3O/c1-16-5-4-6-18(13-16)23-21(26)25-15-22(9-11-24(3)12-10-22)19-14-17(2)7-8-20(19)25/h4-8,13-14H,9-12,15H2,1-3H3,(H,23,26). The first-order chi connectivity index (χ1) is 12.5. The second kappa shape index (κ2) is 6.44. The van der Waals surface area contributed by atoms with E-state index < -0.39 is 0 Å². The fourth-order valence-electron chi connectivity index (χ4n) is 4.35. The van der Waals surface area contributed by atoms with E-state index in [4.69, 9.17) is 0 Å². The van der Waals surface area contributed by atoms with E-state index >= 15 is 0 Å². The van der Waals surface area contributed by atoms with E-state index in [-0.39, 0.29) is 11.4 Å². The van der Waals surface area contributed by atoms with Crippen LogP contribution in [0.1, 0.15) is 29.5 Å². The summed E-state index contributed by atoms with van der Waals surface area (Å²) in [6.45, 7) is 7.12. The number of hydrogen-bond donors (Lipinski definition) is 1. The third kappa shape index (κ3) is 2.99. The average Bonchev–Trinajstić information content (AvgIpc) is 2.92. The van der Waals surface area contributed by atoms with Gasteiger partial charge in [-0.25, -0.2) is 4.79 Å². The van der Waals surface area contributed by atoms with E-state index in [2.05, 4.69) is 42.4 Å². The van der Waals surface area contributed by atoms with E-state index in [9.17, 15) is 4.79 Å². The molecule has 2 aliphatic rings. The van der Waals surface area contributed by atoms with Crippen molar-refractivity contribution in [2.45, 2.75) is 32.1 Å². The van der Waals surface area contributed by atoms with Crippen molar-refractivity contribution in [3.8, 4) is 0 Å². The number of carbonyl (C=O) groups is 1. The molecule has 136 valence electrons. The summed E-state index contributed by atoms with van der Waals surface area (Å²) in [5.74, 6) is 0. The van der Waals surface area contributed by atoms with Crippen LogP contribution in [0.15, 0.2) is 42.5 Å². The Morgan fingerprint density at radius 1 is 1.04 bits per heavy atom. The zero-order chi connectivity index (χ0) is 18.3. The molecular formula is C22H27N3O. The van der Waals surface area contributed by atoms with Gasteiger partial charge in [0.15, 0.2) is 0 Å². The monoisotopic (exact) mass is 349 g/mol. The number of carbonyl (C=O) groups excluding carboxylic acids is 1. The smallest absolute Gasteiger partial charge is 0.308 e. The van der Waals surface area contributed by atoms with Crippen LogP contribution < -0.4 is 10.2 Å². The summed E-state index contributed by atoms with van der Waals surface area (Å²) in [6.07, 6.45) is 2.21. The third-order valence-corrected chi connectivity index (χ3v) is 5.93. The molecule has 2 aromatic rings. The second-order valence-corrected chi connectivity index (χ2v) is 7.99. The molecule has 1 N–H and O–H groups in total. The Morgan fingerprint density at radius 3 is 2.50 bits per heavy atom. The lowest BCUT2D eigenvalue weighted by molar-refractivity contribution is 0.196. The lowest BCUT2D eigenvalue weighted by Crippen LogP contribution is -2.45. The Labute approximate surface area is 155 Å². The molecule has 26 heavy (non-hydrogen) atoms. The fraction of sp³-hybridized carbons (Fsp3) is 0.409. The van der Waals surface area contributed by atoms with Crippen LogP contribution in [0.5, 0.6) is 0 Å². The molecule has 4 nitrogen and oxygen atoms in total. The molecule has 0 bridgehead atoms. The lowest BCUT2D eigenvalue weighted by atomic mass is 9.74. The zero-order valence-electron chi connectivity index (χ0n) is 15.9. The fourth-order valence-corrected chi connectivity index (χ4v) is 4.35. The number of rotatable bonds is 1. The van der Waals surface area contributed by atoms with Gasteiger partial charge in [0.05, 0.1) is 0 Å². The number of fused-ring (bicyclic) bond motifs is 2. The van der Waals surface area contributed by atoms with Gasteiger partial charge in [0.2, 0.25) is 0 Å². The topological polar surface area (TPSA) is 35.6 Å². The zero-order valence-corrected chi connectivity index (χ0v) is 15.9. The van der Waals surface area contributed by atoms with E-state index in [0.717, 1.165) is 49.4 Å². The van der Waals surface area contributed by atoms with Gasteiger partial charge in [-0.05, 0) is 76.2 Å². The molecule has 2 amide bonds. The molecule has 2 aromatic carbocycles. The highest BCUT2D eigenvalue weighted by atomic mass is 16.2. The quantitative estimate of drug-likeness (QED) is 0.832. The summed E-state index contributed by atoms with van der Waals surface area (Å²) in [7, 11) is 2.18. The molecule has 1 saturated heterocycles. The minimum absolute atomic E-state index is 0.0310. The molecule has 1 spiro atoms. The molecule has 2 heterocycles. The first-order valence-corrected chi connectivity index (χ1v) is 9.42. The molecule has 4 rings (SSSR count). The van der Waals surface area contributed by atoms with Gasteiger partial charge >= 0.3 is 6.03 Å². The van der Waals surface area contributed by atoms with Gasteiger partial charge in [-0.15, -0.1) is 0 Å². The van der Waals surface area contributed by atoms with Crippen LogP contribution >= 0.6 is 0 Å². The molecule has 0 unspecified atom stereocenters. The highest BCUT2D eigenvalue weighted by molar-refractivity contribution is 6.03. The predicted molar refractivity (Wildman–Crippen MR) is 107 cm³/mol. The lowest BCUT2D eigenvalue weighted by Gasteiger charge is -2.38. The van der Waals surface area contributed by atoms with Crippen LogP contribution in [0, 0.1) is 13.8 Å². The minimum atomic E-state index is -0.0310. The van der Waals surface area contributed by atoms with Crippen molar-refractivity contribution >= 4 is 17.4 Å². The van der Waals surface area contributed by atoms with E-state index in [0.29, 0.717) is 0 Å². The van der Waals surface area contributed by atoms with Crippen LogP contribution in [0.4, 0.5) is 16.2 Å². The minimum Gasteiger partial charge on any atom is -0.308 e. The second-order valence-electron chi connectivity index (χ2n) is 7.99. The Balaban J connectivity index is 1.65. The van der Waals surface area contributed by atoms with Crippen molar-refractivity contribution < 1.29 is 4.79 Å². The normalized spacial score (nSPS) is 18.8. The molecule has 0 aromatic heterocycles. The number of hydrogen-bond acceptors (Lipinski definition) is 2. The van der Waals surface area contributed by atoms with Crippen molar-refractivity contribution in [2.24, 2.45) is 0 Å². The number of piperidine rings is 1. The van der Waals surface area contributed by atoms with Gasteiger partial charge in [0.25, 0.3) is 0 Å². The first kappa shape index (κ1) is 17.1. The number of aryl methyl sites for hydroxylation is 2. The summed E-state index contributed by atoms with van der Waals surface area (Å²) < 4.78 is 0. The van der Waals surface area contributed by atoms with Crippen molar-refractivity contribution in [1.29, 1.82) is 0 Å². The van der Waals surface area contributed by atoms with Gasteiger partial charge in [0.1, 0.15) is 0 Å².